The SMILES string of the molecule is COc1ccc(C(N)=O)c(-c2c(Cl)c(F)cc3c2[C@H](C)[C@@](CNC2CCN(C(=O)CCCCCNc4cccc5c(C6CCC(=O)NC6=O)nn(C)c45)CC2)(c2ccccc2)O3)c1F. The molecule has 4 amide bonds. The predicted octanol–water partition coefficient (Wildman–Crippen LogP) is 7.44. The van der Waals surface area contributed by atoms with Crippen molar-refractivity contribution in [1.29, 1.82) is 0 Å². The summed E-state index contributed by atoms with van der Waals surface area (Å²) >= 11 is 6.67. The van der Waals surface area contributed by atoms with Gasteiger partial charge in [0.05, 0.1) is 40.5 Å². The summed E-state index contributed by atoms with van der Waals surface area (Å²) in [6.45, 7) is 4.12. The molecule has 0 radical (unpaired) electrons. The zero-order valence-electron chi connectivity index (χ0n) is 36.1. The summed E-state index contributed by atoms with van der Waals surface area (Å²) in [5.74, 6) is -4.05. The second-order valence-electron chi connectivity index (χ2n) is 16.9. The van der Waals surface area contributed by atoms with Crippen molar-refractivity contribution in [3.63, 3.8) is 0 Å². The molecule has 64 heavy (non-hydrogen) atoms. The molecule has 0 saturated carbocycles. The van der Waals surface area contributed by atoms with Crippen LogP contribution in [0.5, 0.6) is 11.5 Å². The molecule has 16 heteroatoms. The van der Waals surface area contributed by atoms with E-state index in [-0.39, 0.29) is 63.4 Å². The molecular formula is C48H52ClF2N7O6. The van der Waals surface area contributed by atoms with Crippen molar-refractivity contribution in [3.8, 4) is 22.6 Å². The Morgan fingerprint density at radius 1 is 1.02 bits per heavy atom. The lowest BCUT2D eigenvalue weighted by molar-refractivity contribution is -0.134. The molecule has 0 aliphatic carbocycles. The van der Waals surface area contributed by atoms with E-state index in [9.17, 15) is 19.2 Å². The number of fused-ring (bicyclic) bond motifs is 2. The van der Waals surface area contributed by atoms with Crippen LogP contribution in [-0.4, -0.2) is 77.6 Å². The Balaban J connectivity index is 0.869. The van der Waals surface area contributed by atoms with E-state index < -0.39 is 35.0 Å². The van der Waals surface area contributed by atoms with Crippen LogP contribution in [-0.2, 0) is 27.0 Å². The molecule has 4 heterocycles. The average molecular weight is 896 g/mol. The van der Waals surface area contributed by atoms with E-state index in [0.29, 0.717) is 50.3 Å². The van der Waals surface area contributed by atoms with E-state index in [0.717, 1.165) is 54.3 Å². The number of methoxy groups -OCH3 is 1. The molecule has 1 unspecified atom stereocenters. The maximum absolute atomic E-state index is 16.2. The Bertz CT molecular complexity index is 2620. The number of aryl methyl sites for hydroxylation is 1. The summed E-state index contributed by atoms with van der Waals surface area (Å²) in [6, 6.07) is 19.3. The average Bonchev–Trinajstić information content (AvgIpc) is 3.77. The number of carbonyl (C=O) groups excluding carboxylic acids is 4. The Morgan fingerprint density at radius 3 is 2.50 bits per heavy atom. The number of piperidine rings is 2. The lowest BCUT2D eigenvalue weighted by Gasteiger charge is -2.38. The molecule has 0 bridgehead atoms. The van der Waals surface area contributed by atoms with Crippen LogP contribution in [0.3, 0.4) is 0 Å². The largest absolute Gasteiger partial charge is 0.494 e. The molecule has 4 aromatic carbocycles. The van der Waals surface area contributed by atoms with E-state index in [4.69, 9.17) is 26.8 Å². The predicted molar refractivity (Wildman–Crippen MR) is 239 cm³/mol. The van der Waals surface area contributed by atoms with Gasteiger partial charge in [-0.15, -0.1) is 0 Å². The quantitative estimate of drug-likeness (QED) is 0.0616. The molecule has 2 fully saturated rings. The molecule has 2 saturated heterocycles. The second kappa shape index (κ2) is 18.6. The number of hydrogen-bond acceptors (Lipinski definition) is 9. The number of para-hydroxylation sites is 1. The minimum absolute atomic E-state index is 0.0142. The maximum Gasteiger partial charge on any atom is 0.249 e. The number of anilines is 1. The van der Waals surface area contributed by atoms with Crippen LogP contribution in [0.2, 0.25) is 5.02 Å². The van der Waals surface area contributed by atoms with Crippen molar-refractivity contribution in [2.75, 3.05) is 38.6 Å². The third-order valence-corrected chi connectivity index (χ3v) is 13.5. The topological polar surface area (TPSA) is 170 Å². The fraction of sp³-hybridized carbons (Fsp3) is 0.396. The Hall–Kier alpha value is -6.06. The first-order valence-corrected chi connectivity index (χ1v) is 22.2. The minimum atomic E-state index is -1.08. The van der Waals surface area contributed by atoms with Crippen LogP contribution in [0.15, 0.2) is 66.7 Å². The zero-order valence-corrected chi connectivity index (χ0v) is 36.8. The maximum atomic E-state index is 16.2. The number of rotatable bonds is 15. The van der Waals surface area contributed by atoms with Crippen molar-refractivity contribution in [2.24, 2.45) is 12.8 Å². The number of halogens is 3. The molecule has 0 spiro atoms. The van der Waals surface area contributed by atoms with Gasteiger partial charge in [-0.2, -0.15) is 5.10 Å². The van der Waals surface area contributed by atoms with Crippen LogP contribution in [0, 0.1) is 11.6 Å². The van der Waals surface area contributed by atoms with Crippen molar-refractivity contribution in [3.05, 3.63) is 106 Å². The Morgan fingerprint density at radius 2 is 1.78 bits per heavy atom. The molecule has 5 aromatic rings. The second-order valence-corrected chi connectivity index (χ2v) is 17.3. The summed E-state index contributed by atoms with van der Waals surface area (Å²) in [4.78, 5) is 52.2. The van der Waals surface area contributed by atoms with E-state index in [1.54, 1.807) is 4.68 Å². The zero-order chi connectivity index (χ0) is 45.3. The van der Waals surface area contributed by atoms with Crippen molar-refractivity contribution in [2.45, 2.75) is 81.8 Å². The van der Waals surface area contributed by atoms with Crippen molar-refractivity contribution in [1.82, 2.24) is 25.3 Å². The standard InChI is InChI=1S/C48H52ClF2N7O6/c1-27-39-36(25-33(50)42(49)41(39)40-30(46(52)61)16-18-35(63-3)43(40)51)64-48(27,28-11-6-4-7-12-28)26-54-29-20-23-58(24-21-29)38(60)15-8-5-9-22-53-34-14-10-13-31-44(56-57(2)45(31)34)32-17-19-37(59)55-47(32)62/h4,6-7,10-14,16,18,25,27,29,32,53-54H,5,8-9,15,17,19-24,26H2,1-3H3,(H2,52,61)(H,55,59,62)/t27-,32?,48-/m0/s1. The highest BCUT2D eigenvalue weighted by molar-refractivity contribution is 6.34. The van der Waals surface area contributed by atoms with E-state index in [1.165, 1.54) is 25.3 Å². The number of primary amides is 1. The smallest absolute Gasteiger partial charge is 0.249 e. The molecule has 336 valence electrons. The first-order valence-electron chi connectivity index (χ1n) is 21.8. The van der Waals surface area contributed by atoms with Gasteiger partial charge in [0, 0.05) is 86.2 Å². The number of amides is 4. The van der Waals surface area contributed by atoms with Gasteiger partial charge in [-0.05, 0) is 55.9 Å². The first-order chi connectivity index (χ1) is 30.8. The summed E-state index contributed by atoms with van der Waals surface area (Å²) in [7, 11) is 3.15. The van der Waals surface area contributed by atoms with E-state index in [2.05, 4.69) is 21.0 Å². The third kappa shape index (κ3) is 8.38. The normalized spacial score (nSPS) is 19.9. The van der Waals surface area contributed by atoms with Gasteiger partial charge < -0.3 is 30.7 Å². The number of ether oxygens (including phenoxy) is 2. The Kier molecular flexibility index (Phi) is 12.9. The van der Waals surface area contributed by atoms with Gasteiger partial charge in [-0.1, -0.05) is 67.4 Å². The number of unbranched alkanes of at least 4 members (excludes halogenated alkanes) is 2. The molecule has 13 nitrogen and oxygen atoms in total. The number of nitrogens with one attached hydrogen (secondary N) is 3. The van der Waals surface area contributed by atoms with Gasteiger partial charge in [0.2, 0.25) is 23.6 Å². The van der Waals surface area contributed by atoms with Gasteiger partial charge >= 0.3 is 0 Å². The molecule has 5 N–H and O–H groups in total. The van der Waals surface area contributed by atoms with E-state index >= 15 is 8.78 Å². The van der Waals surface area contributed by atoms with Crippen LogP contribution >= 0.6 is 11.6 Å². The van der Waals surface area contributed by atoms with Crippen molar-refractivity contribution < 1.29 is 37.4 Å². The number of nitrogens with zero attached hydrogens (tertiary/aromatic N) is 3. The van der Waals surface area contributed by atoms with Gasteiger partial charge in [0.15, 0.2) is 17.2 Å². The lowest BCUT2D eigenvalue weighted by Crippen LogP contribution is -2.50. The van der Waals surface area contributed by atoms with Gasteiger partial charge in [0.25, 0.3) is 0 Å². The number of likely N-dealkylation sites (tertiary alicyclic amines) is 1. The highest BCUT2D eigenvalue weighted by Crippen LogP contribution is 2.56. The van der Waals surface area contributed by atoms with Crippen molar-refractivity contribution >= 4 is 51.8 Å². The van der Waals surface area contributed by atoms with Gasteiger partial charge in [0.1, 0.15) is 11.6 Å². The lowest BCUT2D eigenvalue weighted by atomic mass is 9.77. The summed E-state index contributed by atoms with van der Waals surface area (Å²) in [6.07, 6.45) is 5.11. The highest BCUT2D eigenvalue weighted by Gasteiger charge is 2.50. The molecule has 3 aliphatic rings. The van der Waals surface area contributed by atoms with E-state index in [1.807, 2.05) is 67.4 Å². The molecule has 8 rings (SSSR count). The van der Waals surface area contributed by atoms with Crippen LogP contribution in [0.4, 0.5) is 14.5 Å². The molecule has 1 aromatic heterocycles. The monoisotopic (exact) mass is 895 g/mol. The summed E-state index contributed by atoms with van der Waals surface area (Å²) in [5.41, 5.74) is 7.93. The van der Waals surface area contributed by atoms with Crippen LogP contribution in [0.1, 0.15) is 97.3 Å². The number of imide groups is 1. The number of aromatic nitrogens is 2. The number of nitrogens with two attached hydrogens (primary N) is 1. The molecule has 3 atom stereocenters. The molecular weight excluding hydrogens is 844 g/mol. The van der Waals surface area contributed by atoms with Gasteiger partial charge in [-0.3, -0.25) is 29.2 Å². The summed E-state index contributed by atoms with van der Waals surface area (Å²) in [5, 5.41) is 14.8. The number of benzene rings is 4. The summed E-state index contributed by atoms with van der Waals surface area (Å²) < 4.78 is 45.6. The fourth-order valence-electron chi connectivity index (χ4n) is 9.69. The highest BCUT2D eigenvalue weighted by atomic mass is 35.5. The first kappa shape index (κ1) is 44.5. The Labute approximate surface area is 375 Å². The van der Waals surface area contributed by atoms with Crippen LogP contribution < -0.4 is 31.2 Å². The third-order valence-electron chi connectivity index (χ3n) is 13.1. The minimum Gasteiger partial charge on any atom is -0.494 e. The van der Waals surface area contributed by atoms with Crippen LogP contribution in [0.25, 0.3) is 22.0 Å². The fourth-order valence-corrected chi connectivity index (χ4v) is 9.94. The number of carbonyl (C=O) groups is 4. The van der Waals surface area contributed by atoms with Gasteiger partial charge in [-0.25, -0.2) is 8.78 Å². The molecule has 3 aliphatic heterocycles. The number of hydrogen-bond donors (Lipinski definition) is 4.